The number of thiophene rings is 1. The van der Waals surface area contributed by atoms with Gasteiger partial charge in [0.2, 0.25) is 0 Å². The SMILES string of the molecule is CC12CC3CC(C1)CC(C(=O)Cc1ccc(Br)s1)(C3)C2. The van der Waals surface area contributed by atoms with E-state index in [-0.39, 0.29) is 5.41 Å². The molecule has 1 nitrogen and oxygen atoms in total. The Morgan fingerprint density at radius 3 is 2.55 bits per heavy atom. The van der Waals surface area contributed by atoms with Crippen molar-refractivity contribution in [2.75, 3.05) is 0 Å². The zero-order valence-corrected chi connectivity index (χ0v) is 14.4. The van der Waals surface area contributed by atoms with Crippen LogP contribution in [0.25, 0.3) is 0 Å². The smallest absolute Gasteiger partial charge is 0.144 e. The zero-order chi connectivity index (χ0) is 14.0. The molecule has 2 unspecified atom stereocenters. The summed E-state index contributed by atoms with van der Waals surface area (Å²) in [6, 6.07) is 4.17. The van der Waals surface area contributed by atoms with E-state index >= 15 is 0 Å². The number of rotatable bonds is 3. The third-order valence-corrected chi connectivity index (χ3v) is 7.53. The Kier molecular flexibility index (Phi) is 2.99. The lowest BCUT2D eigenvalue weighted by molar-refractivity contribution is -0.152. The molecule has 0 amide bonds. The van der Waals surface area contributed by atoms with E-state index in [0.717, 1.165) is 15.6 Å². The molecular formula is C17H21BrOS. The molecule has 1 heterocycles. The Morgan fingerprint density at radius 2 is 2.00 bits per heavy atom. The van der Waals surface area contributed by atoms with Crippen LogP contribution in [0.3, 0.4) is 0 Å². The van der Waals surface area contributed by atoms with Crippen LogP contribution in [0.2, 0.25) is 0 Å². The zero-order valence-electron chi connectivity index (χ0n) is 12.0. The molecule has 0 N–H and O–H groups in total. The van der Waals surface area contributed by atoms with Crippen molar-refractivity contribution in [3.8, 4) is 0 Å². The number of hydrogen-bond donors (Lipinski definition) is 0. The second-order valence-corrected chi connectivity index (χ2v) is 10.4. The van der Waals surface area contributed by atoms with Gasteiger partial charge in [-0.05, 0) is 83.8 Å². The average Bonchev–Trinajstić information content (AvgIpc) is 2.71. The fourth-order valence-corrected chi connectivity index (χ4v) is 7.32. The van der Waals surface area contributed by atoms with Crippen molar-refractivity contribution in [2.45, 2.75) is 51.9 Å². The second-order valence-electron chi connectivity index (χ2n) is 7.86. The number of carbonyl (C=O) groups excluding carboxylic acids is 1. The number of carbonyl (C=O) groups is 1. The van der Waals surface area contributed by atoms with Crippen molar-refractivity contribution in [1.82, 2.24) is 0 Å². The monoisotopic (exact) mass is 352 g/mol. The molecule has 0 radical (unpaired) electrons. The van der Waals surface area contributed by atoms with Gasteiger partial charge in [0.1, 0.15) is 5.78 Å². The average molecular weight is 353 g/mol. The van der Waals surface area contributed by atoms with E-state index in [1.165, 1.54) is 43.4 Å². The molecule has 4 fully saturated rings. The number of Topliss-reactive ketones (excluding diaryl/α,β-unsaturated/α-hetero) is 1. The Hall–Kier alpha value is -0.150. The molecule has 0 saturated heterocycles. The van der Waals surface area contributed by atoms with Crippen molar-refractivity contribution in [3.63, 3.8) is 0 Å². The van der Waals surface area contributed by atoms with Gasteiger partial charge in [0.25, 0.3) is 0 Å². The van der Waals surface area contributed by atoms with Crippen molar-refractivity contribution in [2.24, 2.45) is 22.7 Å². The Balaban J connectivity index is 1.59. The summed E-state index contributed by atoms with van der Waals surface area (Å²) in [6.45, 7) is 2.44. The molecule has 4 saturated carbocycles. The van der Waals surface area contributed by atoms with Crippen molar-refractivity contribution in [1.29, 1.82) is 0 Å². The van der Waals surface area contributed by atoms with Gasteiger partial charge in [-0.25, -0.2) is 0 Å². The van der Waals surface area contributed by atoms with Gasteiger partial charge in [-0.1, -0.05) is 6.92 Å². The molecule has 0 aliphatic heterocycles. The van der Waals surface area contributed by atoms with Gasteiger partial charge < -0.3 is 0 Å². The largest absolute Gasteiger partial charge is 0.299 e. The molecule has 1 aromatic heterocycles. The van der Waals surface area contributed by atoms with Crippen LogP contribution in [0.4, 0.5) is 0 Å². The summed E-state index contributed by atoms with van der Waals surface area (Å²) < 4.78 is 1.14. The van der Waals surface area contributed by atoms with Gasteiger partial charge in [-0.2, -0.15) is 0 Å². The van der Waals surface area contributed by atoms with Crippen LogP contribution in [0, 0.1) is 22.7 Å². The minimum atomic E-state index is 0.0370. The first-order valence-corrected chi connectivity index (χ1v) is 9.35. The second kappa shape index (κ2) is 4.42. The maximum absolute atomic E-state index is 13.0. The van der Waals surface area contributed by atoms with E-state index in [1.807, 2.05) is 0 Å². The highest BCUT2D eigenvalue weighted by molar-refractivity contribution is 9.11. The normalized spacial score (nSPS) is 42.1. The van der Waals surface area contributed by atoms with Crippen LogP contribution in [-0.4, -0.2) is 5.78 Å². The predicted octanol–water partition coefficient (Wildman–Crippen LogP) is 5.23. The molecule has 20 heavy (non-hydrogen) atoms. The molecule has 2 atom stereocenters. The van der Waals surface area contributed by atoms with Crippen LogP contribution >= 0.6 is 27.3 Å². The van der Waals surface area contributed by atoms with Crippen molar-refractivity contribution in [3.05, 3.63) is 20.8 Å². The first-order chi connectivity index (χ1) is 9.46. The number of ketones is 1. The molecule has 4 aliphatic carbocycles. The summed E-state index contributed by atoms with van der Waals surface area (Å²) in [7, 11) is 0. The molecule has 1 aromatic rings. The van der Waals surface area contributed by atoms with Gasteiger partial charge in [0, 0.05) is 16.7 Å². The fraction of sp³-hybridized carbons (Fsp3) is 0.706. The lowest BCUT2D eigenvalue weighted by atomic mass is 9.43. The molecule has 4 aliphatic rings. The molecule has 0 spiro atoms. The Bertz CT molecular complexity index is 547. The lowest BCUT2D eigenvalue weighted by Gasteiger charge is -2.60. The molecule has 4 bridgehead atoms. The highest BCUT2D eigenvalue weighted by Crippen LogP contribution is 2.65. The maximum Gasteiger partial charge on any atom is 0.144 e. The standard InChI is InChI=1S/C17H21BrOS/c1-16-6-11-4-12(7-16)9-17(8-11,10-16)14(19)5-13-2-3-15(18)20-13/h2-3,11-12H,4-10H2,1H3. The summed E-state index contributed by atoms with van der Waals surface area (Å²) in [5.41, 5.74) is 0.505. The third-order valence-electron chi connectivity index (χ3n) is 5.91. The first kappa shape index (κ1) is 13.5. The minimum Gasteiger partial charge on any atom is -0.299 e. The van der Waals surface area contributed by atoms with Gasteiger partial charge in [-0.15, -0.1) is 11.3 Å². The molecule has 0 aromatic carbocycles. The summed E-state index contributed by atoms with van der Waals surface area (Å²) in [5.74, 6) is 2.20. The van der Waals surface area contributed by atoms with E-state index in [0.29, 0.717) is 17.6 Å². The van der Waals surface area contributed by atoms with E-state index in [2.05, 4.69) is 35.0 Å². The lowest BCUT2D eigenvalue weighted by Crippen LogP contribution is -2.54. The van der Waals surface area contributed by atoms with E-state index in [9.17, 15) is 4.79 Å². The van der Waals surface area contributed by atoms with Crippen LogP contribution < -0.4 is 0 Å². The molecule has 108 valence electrons. The minimum absolute atomic E-state index is 0.0370. The first-order valence-electron chi connectivity index (χ1n) is 7.74. The highest BCUT2D eigenvalue weighted by Gasteiger charge is 2.58. The highest BCUT2D eigenvalue weighted by atomic mass is 79.9. The van der Waals surface area contributed by atoms with E-state index in [4.69, 9.17) is 0 Å². The van der Waals surface area contributed by atoms with Crippen LogP contribution in [0.15, 0.2) is 15.9 Å². The Morgan fingerprint density at radius 1 is 1.30 bits per heavy atom. The molecule has 5 rings (SSSR count). The number of hydrogen-bond acceptors (Lipinski definition) is 2. The maximum atomic E-state index is 13.0. The summed E-state index contributed by atoms with van der Waals surface area (Å²) in [5, 5.41) is 0. The van der Waals surface area contributed by atoms with Crippen molar-refractivity contribution >= 4 is 33.0 Å². The van der Waals surface area contributed by atoms with Gasteiger partial charge >= 0.3 is 0 Å². The number of halogens is 1. The van der Waals surface area contributed by atoms with Crippen LogP contribution in [0.1, 0.15) is 50.3 Å². The predicted molar refractivity (Wildman–Crippen MR) is 86.0 cm³/mol. The van der Waals surface area contributed by atoms with Crippen LogP contribution in [0.5, 0.6) is 0 Å². The van der Waals surface area contributed by atoms with Gasteiger partial charge in [-0.3, -0.25) is 4.79 Å². The molecular weight excluding hydrogens is 332 g/mol. The topological polar surface area (TPSA) is 17.1 Å². The molecule has 3 heteroatoms. The summed E-state index contributed by atoms with van der Waals surface area (Å²) in [6.07, 6.45) is 8.35. The van der Waals surface area contributed by atoms with E-state index < -0.39 is 0 Å². The van der Waals surface area contributed by atoms with Gasteiger partial charge in [0.15, 0.2) is 0 Å². The van der Waals surface area contributed by atoms with E-state index in [1.54, 1.807) is 11.3 Å². The van der Waals surface area contributed by atoms with Crippen LogP contribution in [-0.2, 0) is 11.2 Å². The summed E-state index contributed by atoms with van der Waals surface area (Å²) >= 11 is 5.22. The Labute approximate surface area is 133 Å². The van der Waals surface area contributed by atoms with Crippen molar-refractivity contribution < 1.29 is 4.79 Å². The van der Waals surface area contributed by atoms with Gasteiger partial charge in [0.05, 0.1) is 3.79 Å². The fourth-order valence-electron chi connectivity index (χ4n) is 5.84. The third kappa shape index (κ3) is 2.12. The summed E-state index contributed by atoms with van der Waals surface area (Å²) in [4.78, 5) is 14.2. The quantitative estimate of drug-likeness (QED) is 0.727.